The maximum atomic E-state index is 5.96. The zero-order chi connectivity index (χ0) is 13.8. The molecule has 2 aliphatic rings. The lowest BCUT2D eigenvalue weighted by Gasteiger charge is -2.37. The Morgan fingerprint density at radius 2 is 1.95 bits per heavy atom. The first-order chi connectivity index (χ1) is 9.76. The Morgan fingerprint density at radius 3 is 2.60 bits per heavy atom. The van der Waals surface area contributed by atoms with Crippen LogP contribution in [0.25, 0.3) is 0 Å². The van der Waals surface area contributed by atoms with Crippen LogP contribution >= 0.6 is 0 Å². The molecular weight excluding hydrogens is 250 g/mol. The second-order valence-corrected chi connectivity index (χ2v) is 6.08. The molecule has 2 fully saturated rings. The molecule has 0 amide bonds. The molecule has 0 saturated carbocycles. The summed E-state index contributed by atoms with van der Waals surface area (Å²) in [6.07, 6.45) is 4.70. The van der Waals surface area contributed by atoms with E-state index in [4.69, 9.17) is 9.47 Å². The van der Waals surface area contributed by atoms with Gasteiger partial charge in [0.25, 0.3) is 0 Å². The van der Waals surface area contributed by atoms with Crippen molar-refractivity contribution in [3.05, 3.63) is 35.9 Å². The molecule has 0 aromatic heterocycles. The van der Waals surface area contributed by atoms with Crippen LogP contribution in [0.4, 0.5) is 0 Å². The Kier molecular flexibility index (Phi) is 4.39. The first-order valence-electron chi connectivity index (χ1n) is 7.84. The fraction of sp³-hybridized carbons (Fsp3) is 0.647. The number of hydrogen-bond acceptors (Lipinski definition) is 3. The van der Waals surface area contributed by atoms with Crippen LogP contribution in [-0.2, 0) is 15.9 Å². The topological polar surface area (TPSA) is 21.7 Å². The third-order valence-electron chi connectivity index (χ3n) is 4.40. The third kappa shape index (κ3) is 3.40. The van der Waals surface area contributed by atoms with Gasteiger partial charge in [0.05, 0.1) is 12.7 Å². The summed E-state index contributed by atoms with van der Waals surface area (Å²) >= 11 is 0. The molecule has 110 valence electrons. The normalized spacial score (nSPS) is 26.1. The number of aryl methyl sites for hydroxylation is 1. The molecule has 3 nitrogen and oxygen atoms in total. The van der Waals surface area contributed by atoms with Gasteiger partial charge in [-0.3, -0.25) is 0 Å². The van der Waals surface area contributed by atoms with Gasteiger partial charge in [-0.15, -0.1) is 0 Å². The van der Waals surface area contributed by atoms with Crippen LogP contribution in [-0.4, -0.2) is 43.0 Å². The van der Waals surface area contributed by atoms with Gasteiger partial charge < -0.3 is 14.4 Å². The van der Waals surface area contributed by atoms with Gasteiger partial charge in [0.2, 0.25) is 0 Å². The summed E-state index contributed by atoms with van der Waals surface area (Å²) in [5.74, 6) is -0.255. The van der Waals surface area contributed by atoms with Gasteiger partial charge in [-0.2, -0.15) is 0 Å². The number of hydrogen-bond donors (Lipinski definition) is 0. The van der Waals surface area contributed by atoms with Crippen LogP contribution < -0.4 is 0 Å². The van der Waals surface area contributed by atoms with Crippen molar-refractivity contribution in [1.82, 2.24) is 4.90 Å². The van der Waals surface area contributed by atoms with Crippen molar-refractivity contribution in [2.24, 2.45) is 0 Å². The molecule has 1 aromatic rings. The minimum atomic E-state index is -0.255. The van der Waals surface area contributed by atoms with E-state index in [1.807, 2.05) is 0 Å². The highest BCUT2D eigenvalue weighted by molar-refractivity contribution is 5.14. The van der Waals surface area contributed by atoms with Crippen molar-refractivity contribution in [1.29, 1.82) is 0 Å². The van der Waals surface area contributed by atoms with Gasteiger partial charge in [0.15, 0.2) is 5.79 Å². The molecule has 0 radical (unpaired) electrons. The first kappa shape index (κ1) is 14.1. The van der Waals surface area contributed by atoms with Crippen molar-refractivity contribution in [2.75, 3.05) is 26.2 Å². The van der Waals surface area contributed by atoms with E-state index in [-0.39, 0.29) is 11.9 Å². The van der Waals surface area contributed by atoms with Gasteiger partial charge in [0, 0.05) is 25.9 Å². The molecule has 1 atom stereocenters. The summed E-state index contributed by atoms with van der Waals surface area (Å²) in [4.78, 5) is 2.55. The van der Waals surface area contributed by atoms with Crippen molar-refractivity contribution in [3.8, 4) is 0 Å². The van der Waals surface area contributed by atoms with Crippen LogP contribution in [0.15, 0.2) is 30.3 Å². The van der Waals surface area contributed by atoms with E-state index >= 15 is 0 Å². The molecule has 0 aliphatic carbocycles. The maximum Gasteiger partial charge on any atom is 0.171 e. The van der Waals surface area contributed by atoms with Gasteiger partial charge >= 0.3 is 0 Å². The van der Waals surface area contributed by atoms with E-state index in [0.29, 0.717) is 0 Å². The first-order valence-corrected chi connectivity index (χ1v) is 7.84. The lowest BCUT2D eigenvalue weighted by Crippen LogP contribution is -2.45. The van der Waals surface area contributed by atoms with Crippen molar-refractivity contribution in [2.45, 2.75) is 44.5 Å². The molecular formula is C17H25NO2. The van der Waals surface area contributed by atoms with E-state index in [1.54, 1.807) is 0 Å². The summed E-state index contributed by atoms with van der Waals surface area (Å²) in [6.45, 7) is 6.23. The summed E-state index contributed by atoms with van der Waals surface area (Å²) in [6, 6.07) is 10.8. The summed E-state index contributed by atoms with van der Waals surface area (Å²) in [5.41, 5.74) is 1.44. The maximum absolute atomic E-state index is 5.96. The molecule has 20 heavy (non-hydrogen) atoms. The molecule has 1 aromatic carbocycles. The quantitative estimate of drug-likeness (QED) is 0.843. The molecule has 0 N–H and O–H groups in total. The van der Waals surface area contributed by atoms with Crippen LogP contribution in [0.2, 0.25) is 0 Å². The van der Waals surface area contributed by atoms with E-state index in [1.165, 1.54) is 24.9 Å². The molecule has 2 aliphatic heterocycles. The smallest absolute Gasteiger partial charge is 0.171 e. The molecule has 0 bridgehead atoms. The summed E-state index contributed by atoms with van der Waals surface area (Å²) in [7, 11) is 0. The highest BCUT2D eigenvalue weighted by Crippen LogP contribution is 2.33. The van der Waals surface area contributed by atoms with Crippen LogP contribution in [0.1, 0.15) is 31.7 Å². The van der Waals surface area contributed by atoms with E-state index in [9.17, 15) is 0 Å². The molecule has 3 heteroatoms. The monoisotopic (exact) mass is 275 g/mol. The number of likely N-dealkylation sites (tertiary alicyclic amines) is 1. The minimum Gasteiger partial charge on any atom is -0.347 e. The van der Waals surface area contributed by atoms with Gasteiger partial charge in [-0.05, 0) is 31.9 Å². The van der Waals surface area contributed by atoms with E-state index in [0.717, 1.165) is 32.5 Å². The standard InChI is InChI=1S/C17H25NO2/c1-15-14-19-17(20-15)9-12-18(13-10-17)11-5-8-16-6-3-2-4-7-16/h2-4,6-7,15H,5,8-14H2,1H3/t15-/m0/s1. The fourth-order valence-corrected chi connectivity index (χ4v) is 3.23. The van der Waals surface area contributed by atoms with Crippen molar-refractivity contribution in [3.63, 3.8) is 0 Å². The zero-order valence-electron chi connectivity index (χ0n) is 12.4. The lowest BCUT2D eigenvalue weighted by molar-refractivity contribution is -0.193. The van der Waals surface area contributed by atoms with Gasteiger partial charge in [-0.1, -0.05) is 30.3 Å². The largest absolute Gasteiger partial charge is 0.347 e. The van der Waals surface area contributed by atoms with E-state index in [2.05, 4.69) is 42.2 Å². The Hall–Kier alpha value is -0.900. The fourth-order valence-electron chi connectivity index (χ4n) is 3.23. The third-order valence-corrected chi connectivity index (χ3v) is 4.40. The summed E-state index contributed by atoms with van der Waals surface area (Å²) < 4.78 is 11.8. The van der Waals surface area contributed by atoms with Crippen molar-refractivity contribution < 1.29 is 9.47 Å². The molecule has 0 unspecified atom stereocenters. The van der Waals surface area contributed by atoms with E-state index < -0.39 is 0 Å². The molecule has 2 saturated heterocycles. The second kappa shape index (κ2) is 6.25. The molecule has 3 rings (SSSR count). The Labute approximate surface area is 121 Å². The van der Waals surface area contributed by atoms with Crippen molar-refractivity contribution >= 4 is 0 Å². The highest BCUT2D eigenvalue weighted by atomic mass is 16.7. The summed E-state index contributed by atoms with van der Waals surface area (Å²) in [5, 5.41) is 0. The average molecular weight is 275 g/mol. The van der Waals surface area contributed by atoms with Crippen LogP contribution in [0.5, 0.6) is 0 Å². The average Bonchev–Trinajstić information content (AvgIpc) is 2.84. The predicted molar refractivity (Wildman–Crippen MR) is 79.7 cm³/mol. The van der Waals surface area contributed by atoms with Gasteiger partial charge in [0.1, 0.15) is 0 Å². The minimum absolute atomic E-state index is 0.255. The Balaban J connectivity index is 1.39. The number of benzene rings is 1. The lowest BCUT2D eigenvalue weighted by atomic mass is 10.0. The predicted octanol–water partition coefficient (Wildman–Crippen LogP) is 2.85. The highest BCUT2D eigenvalue weighted by Gasteiger charge is 2.42. The number of ether oxygens (including phenoxy) is 2. The van der Waals surface area contributed by atoms with Crippen LogP contribution in [0.3, 0.4) is 0 Å². The number of piperidine rings is 1. The molecule has 1 spiro atoms. The number of nitrogens with zero attached hydrogens (tertiary/aromatic N) is 1. The number of rotatable bonds is 4. The SMILES string of the molecule is C[C@H]1COC2(CCN(CCCc3ccccc3)CC2)O1. The van der Waals surface area contributed by atoms with Crippen LogP contribution in [0, 0.1) is 0 Å². The molecule has 2 heterocycles. The van der Waals surface area contributed by atoms with Gasteiger partial charge in [-0.25, -0.2) is 0 Å². The second-order valence-electron chi connectivity index (χ2n) is 6.08. The zero-order valence-corrected chi connectivity index (χ0v) is 12.4. The Morgan fingerprint density at radius 1 is 1.20 bits per heavy atom. The Bertz CT molecular complexity index is 412.